The lowest BCUT2D eigenvalue weighted by Gasteiger charge is -2.16. The molecule has 0 aliphatic heterocycles. The molecule has 6 nitrogen and oxygen atoms in total. The lowest BCUT2D eigenvalue weighted by molar-refractivity contribution is 0.0517. The van der Waals surface area contributed by atoms with Crippen LogP contribution in [0.5, 0.6) is 0 Å². The number of hydrogen-bond acceptors (Lipinski definition) is 5. The fourth-order valence-corrected chi connectivity index (χ4v) is 2.44. The van der Waals surface area contributed by atoms with Crippen LogP contribution in [-0.4, -0.2) is 50.7 Å². The highest BCUT2D eigenvalue weighted by molar-refractivity contribution is 5.93. The molecule has 0 saturated heterocycles. The Balaban J connectivity index is 2.72. The molecule has 1 N–H and O–H groups in total. The smallest absolute Gasteiger partial charge is 0.355 e. The van der Waals surface area contributed by atoms with Gasteiger partial charge >= 0.3 is 5.97 Å². The predicted octanol–water partition coefficient (Wildman–Crippen LogP) is 1.83. The SMILES string of the molecule is CCOC(=O)c1[nH]c2ccc(N(C)C)cc2c(=O)c1CN(C)C. The Morgan fingerprint density at radius 2 is 1.91 bits per heavy atom. The average Bonchev–Trinajstić information content (AvgIpc) is 2.49. The van der Waals surface area contributed by atoms with E-state index >= 15 is 0 Å². The second-order valence-electron chi connectivity index (χ2n) is 5.89. The van der Waals surface area contributed by atoms with E-state index in [4.69, 9.17) is 4.74 Å². The van der Waals surface area contributed by atoms with Crippen LogP contribution in [0.1, 0.15) is 23.0 Å². The zero-order valence-electron chi connectivity index (χ0n) is 14.3. The number of fused-ring (bicyclic) bond motifs is 1. The van der Waals surface area contributed by atoms with Gasteiger partial charge in [0.15, 0.2) is 5.43 Å². The van der Waals surface area contributed by atoms with Crippen molar-refractivity contribution in [3.8, 4) is 0 Å². The number of aromatic nitrogens is 1. The van der Waals surface area contributed by atoms with Crippen molar-refractivity contribution in [2.24, 2.45) is 0 Å². The second kappa shape index (κ2) is 6.83. The van der Waals surface area contributed by atoms with Crippen LogP contribution in [-0.2, 0) is 11.3 Å². The number of esters is 1. The number of rotatable bonds is 5. The number of nitrogens with one attached hydrogen (secondary N) is 1. The molecule has 0 aliphatic carbocycles. The summed E-state index contributed by atoms with van der Waals surface area (Å²) >= 11 is 0. The van der Waals surface area contributed by atoms with Gasteiger partial charge in [-0.15, -0.1) is 0 Å². The molecule has 0 spiro atoms. The number of anilines is 1. The van der Waals surface area contributed by atoms with Crippen LogP contribution in [0.15, 0.2) is 23.0 Å². The van der Waals surface area contributed by atoms with E-state index in [1.807, 2.05) is 56.2 Å². The fraction of sp³-hybridized carbons (Fsp3) is 0.412. The molecule has 0 bridgehead atoms. The standard InChI is InChI=1S/C17H23N3O3/c1-6-23-17(22)15-13(10-19(2)3)16(21)12-9-11(20(4)5)7-8-14(12)18-15/h7-9H,6,10H2,1-5H3,(H,18,21). The topological polar surface area (TPSA) is 65.6 Å². The first-order chi connectivity index (χ1) is 10.8. The molecule has 0 aliphatic rings. The second-order valence-corrected chi connectivity index (χ2v) is 5.89. The van der Waals surface area contributed by atoms with Gasteiger partial charge in [0.1, 0.15) is 5.69 Å². The molecule has 2 rings (SSSR count). The van der Waals surface area contributed by atoms with Crippen molar-refractivity contribution in [2.45, 2.75) is 13.5 Å². The predicted molar refractivity (Wildman–Crippen MR) is 92.2 cm³/mol. The largest absolute Gasteiger partial charge is 0.461 e. The lowest BCUT2D eigenvalue weighted by atomic mass is 10.1. The Morgan fingerprint density at radius 1 is 1.22 bits per heavy atom. The number of benzene rings is 1. The summed E-state index contributed by atoms with van der Waals surface area (Å²) in [5, 5.41) is 0.570. The van der Waals surface area contributed by atoms with Crippen molar-refractivity contribution in [3.05, 3.63) is 39.7 Å². The van der Waals surface area contributed by atoms with Crippen LogP contribution in [0.3, 0.4) is 0 Å². The molecule has 6 heteroatoms. The Hall–Kier alpha value is -2.34. The van der Waals surface area contributed by atoms with Crippen molar-refractivity contribution in [2.75, 3.05) is 39.7 Å². The minimum atomic E-state index is -0.500. The normalized spacial score (nSPS) is 11.0. The number of nitrogens with zero attached hydrogens (tertiary/aromatic N) is 2. The fourth-order valence-electron chi connectivity index (χ4n) is 2.44. The van der Waals surface area contributed by atoms with E-state index in [-0.39, 0.29) is 17.7 Å². The van der Waals surface area contributed by atoms with Crippen molar-refractivity contribution in [1.29, 1.82) is 0 Å². The summed E-state index contributed by atoms with van der Waals surface area (Å²) in [4.78, 5) is 32.0. The molecular weight excluding hydrogens is 294 g/mol. The third-order valence-corrected chi connectivity index (χ3v) is 3.55. The highest BCUT2D eigenvalue weighted by Crippen LogP contribution is 2.19. The number of carbonyl (C=O) groups excluding carboxylic acids is 1. The molecule has 1 aromatic heterocycles. The summed E-state index contributed by atoms with van der Waals surface area (Å²) in [6.07, 6.45) is 0. The van der Waals surface area contributed by atoms with Gasteiger partial charge in [0.2, 0.25) is 0 Å². The van der Waals surface area contributed by atoms with E-state index in [0.717, 1.165) is 5.69 Å². The van der Waals surface area contributed by atoms with Gasteiger partial charge in [0, 0.05) is 37.3 Å². The minimum absolute atomic E-state index is 0.140. The van der Waals surface area contributed by atoms with E-state index in [9.17, 15) is 9.59 Å². The summed E-state index contributed by atoms with van der Waals surface area (Å²) in [5.74, 6) is -0.500. The first-order valence-corrected chi connectivity index (χ1v) is 7.53. The van der Waals surface area contributed by atoms with Gasteiger partial charge in [-0.05, 0) is 39.2 Å². The van der Waals surface area contributed by atoms with Crippen molar-refractivity contribution >= 4 is 22.6 Å². The highest BCUT2D eigenvalue weighted by Gasteiger charge is 2.19. The molecule has 0 atom stereocenters. The van der Waals surface area contributed by atoms with Gasteiger partial charge in [-0.2, -0.15) is 0 Å². The van der Waals surface area contributed by atoms with Crippen LogP contribution < -0.4 is 10.3 Å². The Bertz CT molecular complexity index is 778. The number of hydrogen-bond donors (Lipinski definition) is 1. The molecule has 23 heavy (non-hydrogen) atoms. The van der Waals surface area contributed by atoms with Crippen LogP contribution in [0.25, 0.3) is 10.9 Å². The quantitative estimate of drug-likeness (QED) is 0.852. The maximum atomic E-state index is 12.9. The first-order valence-electron chi connectivity index (χ1n) is 7.53. The molecule has 0 saturated carbocycles. The van der Waals surface area contributed by atoms with Crippen LogP contribution in [0.4, 0.5) is 5.69 Å². The van der Waals surface area contributed by atoms with Crippen molar-refractivity contribution < 1.29 is 9.53 Å². The number of ether oxygens (including phenoxy) is 1. The molecule has 124 valence electrons. The van der Waals surface area contributed by atoms with E-state index in [0.29, 0.717) is 23.0 Å². The number of aromatic amines is 1. The number of carbonyl (C=O) groups is 1. The molecule has 0 unspecified atom stereocenters. The third-order valence-electron chi connectivity index (χ3n) is 3.55. The Kier molecular flexibility index (Phi) is 5.05. The first kappa shape index (κ1) is 17.0. The monoisotopic (exact) mass is 317 g/mol. The van der Waals surface area contributed by atoms with E-state index in [1.165, 1.54) is 0 Å². The third kappa shape index (κ3) is 3.53. The van der Waals surface area contributed by atoms with Crippen LogP contribution >= 0.6 is 0 Å². The van der Waals surface area contributed by atoms with Crippen LogP contribution in [0, 0.1) is 0 Å². The molecule has 2 aromatic rings. The zero-order valence-corrected chi connectivity index (χ0v) is 14.3. The molecular formula is C17H23N3O3. The van der Waals surface area contributed by atoms with E-state index in [2.05, 4.69) is 4.98 Å². The lowest BCUT2D eigenvalue weighted by Crippen LogP contribution is -2.25. The summed E-state index contributed by atoms with van der Waals surface area (Å²) in [7, 11) is 7.55. The van der Waals surface area contributed by atoms with Crippen molar-refractivity contribution in [3.63, 3.8) is 0 Å². The van der Waals surface area contributed by atoms with Gasteiger partial charge in [-0.3, -0.25) is 4.79 Å². The highest BCUT2D eigenvalue weighted by atomic mass is 16.5. The molecule has 0 radical (unpaired) electrons. The van der Waals surface area contributed by atoms with E-state index in [1.54, 1.807) is 6.92 Å². The molecule has 0 amide bonds. The molecule has 1 heterocycles. The Labute approximate surface area is 135 Å². The van der Waals surface area contributed by atoms with Gasteiger partial charge in [0.05, 0.1) is 12.1 Å². The maximum absolute atomic E-state index is 12.9. The van der Waals surface area contributed by atoms with Crippen molar-refractivity contribution in [1.82, 2.24) is 9.88 Å². The zero-order chi connectivity index (χ0) is 17.1. The molecule has 1 aromatic carbocycles. The summed E-state index contributed by atoms with van der Waals surface area (Å²) in [5.41, 5.74) is 2.08. The summed E-state index contributed by atoms with van der Waals surface area (Å²) in [6, 6.07) is 5.55. The molecule has 0 fully saturated rings. The van der Waals surface area contributed by atoms with E-state index < -0.39 is 5.97 Å². The van der Waals surface area contributed by atoms with Gasteiger partial charge < -0.3 is 19.5 Å². The van der Waals surface area contributed by atoms with Crippen LogP contribution in [0.2, 0.25) is 0 Å². The maximum Gasteiger partial charge on any atom is 0.355 e. The van der Waals surface area contributed by atoms with Gasteiger partial charge in [-0.1, -0.05) is 0 Å². The van der Waals surface area contributed by atoms with Gasteiger partial charge in [0.25, 0.3) is 0 Å². The Morgan fingerprint density at radius 3 is 2.48 bits per heavy atom. The summed E-state index contributed by atoms with van der Waals surface area (Å²) in [6.45, 7) is 2.37. The summed E-state index contributed by atoms with van der Waals surface area (Å²) < 4.78 is 5.08. The minimum Gasteiger partial charge on any atom is -0.461 e. The number of pyridine rings is 1. The van der Waals surface area contributed by atoms with Gasteiger partial charge in [-0.25, -0.2) is 4.79 Å². The average molecular weight is 317 g/mol. The number of H-pyrrole nitrogens is 1.